The Kier molecular flexibility index (Phi) is 6.46. The third-order valence-corrected chi connectivity index (χ3v) is 4.60. The SMILES string of the molecule is NC1CCC(NCCCNC2CCCCC2)CC1. The van der Waals surface area contributed by atoms with Gasteiger partial charge in [-0.15, -0.1) is 0 Å². The van der Waals surface area contributed by atoms with Gasteiger partial charge in [-0.05, 0) is 58.0 Å². The summed E-state index contributed by atoms with van der Waals surface area (Å²) in [5, 5.41) is 7.39. The lowest BCUT2D eigenvalue weighted by molar-refractivity contribution is 0.335. The zero-order valence-corrected chi connectivity index (χ0v) is 11.8. The summed E-state index contributed by atoms with van der Waals surface area (Å²) in [6, 6.07) is 2.02. The van der Waals surface area contributed by atoms with Gasteiger partial charge in [0.15, 0.2) is 0 Å². The molecule has 0 aromatic carbocycles. The maximum absolute atomic E-state index is 5.92. The third-order valence-electron chi connectivity index (χ3n) is 4.60. The molecular weight excluding hydrogens is 222 g/mol. The van der Waals surface area contributed by atoms with E-state index < -0.39 is 0 Å². The molecule has 0 amide bonds. The quantitative estimate of drug-likeness (QED) is 0.636. The van der Waals surface area contributed by atoms with Crippen LogP contribution in [0.2, 0.25) is 0 Å². The number of nitrogens with two attached hydrogens (primary N) is 1. The Morgan fingerprint density at radius 2 is 1.28 bits per heavy atom. The second-order valence-electron chi connectivity index (χ2n) is 6.21. The van der Waals surface area contributed by atoms with E-state index in [2.05, 4.69) is 10.6 Å². The van der Waals surface area contributed by atoms with Gasteiger partial charge in [-0.25, -0.2) is 0 Å². The lowest BCUT2D eigenvalue weighted by atomic mass is 9.92. The van der Waals surface area contributed by atoms with E-state index in [1.807, 2.05) is 0 Å². The van der Waals surface area contributed by atoms with Crippen LogP contribution in [0.1, 0.15) is 64.2 Å². The van der Waals surface area contributed by atoms with Gasteiger partial charge in [-0.2, -0.15) is 0 Å². The Morgan fingerprint density at radius 1 is 0.722 bits per heavy atom. The molecule has 2 aliphatic carbocycles. The highest BCUT2D eigenvalue weighted by molar-refractivity contribution is 4.79. The molecular formula is C15H31N3. The molecule has 2 fully saturated rings. The van der Waals surface area contributed by atoms with Crippen LogP contribution in [-0.2, 0) is 0 Å². The van der Waals surface area contributed by atoms with Crippen LogP contribution in [0, 0.1) is 0 Å². The topological polar surface area (TPSA) is 50.1 Å². The minimum atomic E-state index is 0.469. The molecule has 0 aromatic heterocycles. The lowest BCUT2D eigenvalue weighted by Gasteiger charge is -2.27. The van der Waals surface area contributed by atoms with E-state index >= 15 is 0 Å². The molecule has 18 heavy (non-hydrogen) atoms. The second kappa shape index (κ2) is 8.13. The molecule has 0 saturated heterocycles. The highest BCUT2D eigenvalue weighted by atomic mass is 14.9. The molecule has 4 N–H and O–H groups in total. The average molecular weight is 253 g/mol. The van der Waals surface area contributed by atoms with Crippen molar-refractivity contribution in [1.29, 1.82) is 0 Å². The number of nitrogens with one attached hydrogen (secondary N) is 2. The van der Waals surface area contributed by atoms with Gasteiger partial charge < -0.3 is 16.4 Å². The number of rotatable bonds is 6. The summed E-state index contributed by atoms with van der Waals surface area (Å²) >= 11 is 0. The smallest absolute Gasteiger partial charge is 0.00682 e. The number of hydrogen-bond acceptors (Lipinski definition) is 3. The first-order valence-corrected chi connectivity index (χ1v) is 8.07. The number of hydrogen-bond donors (Lipinski definition) is 3. The van der Waals surface area contributed by atoms with Gasteiger partial charge in [0.25, 0.3) is 0 Å². The van der Waals surface area contributed by atoms with Crippen molar-refractivity contribution < 1.29 is 0 Å². The summed E-state index contributed by atoms with van der Waals surface area (Å²) in [7, 11) is 0. The van der Waals surface area contributed by atoms with Gasteiger partial charge in [0, 0.05) is 18.1 Å². The fourth-order valence-electron chi connectivity index (χ4n) is 3.33. The van der Waals surface area contributed by atoms with Crippen LogP contribution in [0.15, 0.2) is 0 Å². The molecule has 0 aromatic rings. The van der Waals surface area contributed by atoms with Crippen LogP contribution in [0.4, 0.5) is 0 Å². The van der Waals surface area contributed by atoms with Crippen LogP contribution < -0.4 is 16.4 Å². The predicted octanol–water partition coefficient (Wildman–Crippen LogP) is 2.16. The van der Waals surface area contributed by atoms with Crippen molar-refractivity contribution >= 4 is 0 Å². The van der Waals surface area contributed by atoms with Crippen LogP contribution in [0.25, 0.3) is 0 Å². The molecule has 2 saturated carbocycles. The first kappa shape index (κ1) is 14.3. The van der Waals surface area contributed by atoms with E-state index in [1.54, 1.807) is 0 Å². The average Bonchev–Trinajstić information content (AvgIpc) is 2.42. The standard InChI is InChI=1S/C15H31N3/c16-13-7-9-15(10-8-13)18-12-4-11-17-14-5-2-1-3-6-14/h13-15,17-18H,1-12,16H2. The van der Waals surface area contributed by atoms with Crippen LogP contribution >= 0.6 is 0 Å². The van der Waals surface area contributed by atoms with Gasteiger partial charge >= 0.3 is 0 Å². The molecule has 0 unspecified atom stereocenters. The van der Waals surface area contributed by atoms with Gasteiger partial charge in [0.2, 0.25) is 0 Å². The van der Waals surface area contributed by atoms with Gasteiger partial charge in [0.1, 0.15) is 0 Å². The summed E-state index contributed by atoms with van der Waals surface area (Å²) in [5.41, 5.74) is 5.92. The van der Waals surface area contributed by atoms with Crippen molar-refractivity contribution in [2.75, 3.05) is 13.1 Å². The molecule has 3 nitrogen and oxygen atoms in total. The van der Waals surface area contributed by atoms with Crippen molar-refractivity contribution in [3.63, 3.8) is 0 Å². The van der Waals surface area contributed by atoms with Crippen molar-refractivity contribution in [3.05, 3.63) is 0 Å². The van der Waals surface area contributed by atoms with Crippen molar-refractivity contribution in [2.45, 2.75) is 82.3 Å². The normalized spacial score (nSPS) is 30.5. The maximum Gasteiger partial charge on any atom is 0.00682 e. The van der Waals surface area contributed by atoms with Crippen LogP contribution in [0.3, 0.4) is 0 Å². The minimum Gasteiger partial charge on any atom is -0.328 e. The predicted molar refractivity (Wildman–Crippen MR) is 77.7 cm³/mol. The van der Waals surface area contributed by atoms with E-state index in [4.69, 9.17) is 5.73 Å². The van der Waals surface area contributed by atoms with Gasteiger partial charge in [-0.1, -0.05) is 19.3 Å². The van der Waals surface area contributed by atoms with E-state index in [-0.39, 0.29) is 0 Å². The zero-order chi connectivity index (χ0) is 12.6. The summed E-state index contributed by atoms with van der Waals surface area (Å²) in [6.45, 7) is 2.35. The van der Waals surface area contributed by atoms with E-state index in [0.717, 1.165) is 12.1 Å². The van der Waals surface area contributed by atoms with Crippen LogP contribution in [-0.4, -0.2) is 31.2 Å². The molecule has 0 radical (unpaired) electrons. The molecule has 0 spiro atoms. The Bertz CT molecular complexity index is 206. The Hall–Kier alpha value is -0.120. The minimum absolute atomic E-state index is 0.469. The lowest BCUT2D eigenvalue weighted by Crippen LogP contribution is -2.39. The fourth-order valence-corrected chi connectivity index (χ4v) is 3.33. The molecule has 3 heteroatoms. The zero-order valence-electron chi connectivity index (χ0n) is 11.8. The fraction of sp³-hybridized carbons (Fsp3) is 1.00. The van der Waals surface area contributed by atoms with Crippen molar-refractivity contribution in [2.24, 2.45) is 5.73 Å². The van der Waals surface area contributed by atoms with E-state index in [1.165, 1.54) is 77.3 Å². The van der Waals surface area contributed by atoms with Crippen molar-refractivity contribution in [1.82, 2.24) is 10.6 Å². The first-order chi connectivity index (χ1) is 8.84. The monoisotopic (exact) mass is 253 g/mol. The Balaban J connectivity index is 1.43. The highest BCUT2D eigenvalue weighted by Gasteiger charge is 2.17. The Morgan fingerprint density at radius 3 is 1.89 bits per heavy atom. The maximum atomic E-state index is 5.92. The molecule has 2 aliphatic rings. The molecule has 106 valence electrons. The van der Waals surface area contributed by atoms with E-state index in [9.17, 15) is 0 Å². The molecule has 0 aliphatic heterocycles. The van der Waals surface area contributed by atoms with Gasteiger partial charge in [-0.3, -0.25) is 0 Å². The Labute approximate surface area is 112 Å². The molecule has 0 bridgehead atoms. The molecule has 0 heterocycles. The molecule has 0 atom stereocenters. The largest absolute Gasteiger partial charge is 0.328 e. The highest BCUT2D eigenvalue weighted by Crippen LogP contribution is 2.18. The molecule has 2 rings (SSSR count). The summed E-state index contributed by atoms with van der Waals surface area (Å²) in [4.78, 5) is 0. The third kappa shape index (κ3) is 5.25. The van der Waals surface area contributed by atoms with E-state index in [0.29, 0.717) is 6.04 Å². The summed E-state index contributed by atoms with van der Waals surface area (Å²) in [5.74, 6) is 0. The summed E-state index contributed by atoms with van der Waals surface area (Å²) < 4.78 is 0. The first-order valence-electron chi connectivity index (χ1n) is 8.07. The summed E-state index contributed by atoms with van der Waals surface area (Å²) in [6.07, 6.45) is 13.3. The van der Waals surface area contributed by atoms with Gasteiger partial charge in [0.05, 0.1) is 0 Å². The van der Waals surface area contributed by atoms with Crippen molar-refractivity contribution in [3.8, 4) is 0 Å². The second-order valence-corrected chi connectivity index (χ2v) is 6.21. The van der Waals surface area contributed by atoms with Crippen LogP contribution in [0.5, 0.6) is 0 Å².